The highest BCUT2D eigenvalue weighted by Gasteiger charge is 2.18. The van der Waals surface area contributed by atoms with Crippen LogP contribution in [-0.4, -0.2) is 17.1 Å². The third kappa shape index (κ3) is 4.33. The topological polar surface area (TPSA) is 55.6 Å². The zero-order valence-corrected chi connectivity index (χ0v) is 17.9. The van der Waals surface area contributed by atoms with Crippen LogP contribution >= 0.6 is 11.3 Å². The van der Waals surface area contributed by atoms with E-state index in [0.29, 0.717) is 17.1 Å². The van der Waals surface area contributed by atoms with Crippen LogP contribution < -0.4 is 14.9 Å². The maximum absolute atomic E-state index is 13.3. The van der Waals surface area contributed by atoms with Crippen LogP contribution in [0.1, 0.15) is 5.56 Å². The van der Waals surface area contributed by atoms with Crippen molar-refractivity contribution in [1.29, 1.82) is 0 Å². The lowest BCUT2D eigenvalue weighted by Gasteiger charge is -2.19. The van der Waals surface area contributed by atoms with E-state index >= 15 is 0 Å². The Hall–Kier alpha value is -3.71. The van der Waals surface area contributed by atoms with Crippen molar-refractivity contribution in [3.8, 4) is 17.0 Å². The number of carbonyl (C=O) groups is 1. The molecule has 7 heteroatoms. The average molecular weight is 446 g/mol. The van der Waals surface area contributed by atoms with Crippen LogP contribution in [0.5, 0.6) is 5.75 Å². The number of benzene rings is 3. The number of aromatic nitrogens is 1. The highest BCUT2D eigenvalue weighted by atomic mass is 32.1. The molecular weight excluding hydrogens is 425 g/mol. The predicted octanol–water partition coefficient (Wildman–Crippen LogP) is 5.16. The van der Waals surface area contributed by atoms with Crippen molar-refractivity contribution in [3.63, 3.8) is 0 Å². The van der Waals surface area contributed by atoms with Gasteiger partial charge in [-0.25, -0.2) is 9.38 Å². The predicted molar refractivity (Wildman–Crippen MR) is 124 cm³/mol. The first-order chi connectivity index (χ1) is 15.7. The van der Waals surface area contributed by atoms with Gasteiger partial charge in [-0.15, -0.1) is 11.3 Å². The summed E-state index contributed by atoms with van der Waals surface area (Å²) in [4.78, 5) is 17.3. The molecule has 1 aliphatic heterocycles. The van der Waals surface area contributed by atoms with Gasteiger partial charge in [-0.2, -0.15) is 0 Å². The Morgan fingerprint density at radius 2 is 1.88 bits per heavy atom. The quantitative estimate of drug-likeness (QED) is 0.461. The second kappa shape index (κ2) is 8.80. The van der Waals surface area contributed by atoms with E-state index < -0.39 is 0 Å². The van der Waals surface area contributed by atoms with E-state index in [9.17, 15) is 9.18 Å². The summed E-state index contributed by atoms with van der Waals surface area (Å²) in [5.41, 5.74) is 4.54. The highest BCUT2D eigenvalue weighted by Crippen LogP contribution is 2.33. The number of aryl methyl sites for hydroxylation is 1. The van der Waals surface area contributed by atoms with Gasteiger partial charge in [0.2, 0.25) is 0 Å². The first-order valence-corrected chi connectivity index (χ1v) is 11.1. The summed E-state index contributed by atoms with van der Waals surface area (Å²) in [6.45, 7) is 0.755. The first kappa shape index (κ1) is 20.2. The average Bonchev–Trinajstić information content (AvgIpc) is 3.21. The monoisotopic (exact) mass is 445 g/mol. The summed E-state index contributed by atoms with van der Waals surface area (Å²) in [5.74, 6) is 0.214. The molecule has 3 aromatic carbocycles. The van der Waals surface area contributed by atoms with E-state index in [1.807, 2.05) is 36.4 Å². The molecule has 5 rings (SSSR count). The molecule has 160 valence electrons. The van der Waals surface area contributed by atoms with Crippen LogP contribution in [0.15, 0.2) is 83.2 Å². The number of carbonyl (C=O) groups excluding carboxylic acids is 1. The Labute approximate surface area is 188 Å². The normalized spacial score (nSPS) is 13.4. The molecule has 0 unspecified atom stereocenters. The molecule has 1 aromatic heterocycles. The molecule has 5 nitrogen and oxygen atoms in total. The number of nitrogens with one attached hydrogen (secondary N) is 1. The van der Waals surface area contributed by atoms with Gasteiger partial charge in [-0.3, -0.25) is 4.79 Å². The minimum absolute atomic E-state index is 0.0303. The van der Waals surface area contributed by atoms with Crippen molar-refractivity contribution in [2.24, 2.45) is 4.99 Å². The van der Waals surface area contributed by atoms with Crippen molar-refractivity contribution < 1.29 is 13.9 Å². The Morgan fingerprint density at radius 3 is 2.69 bits per heavy atom. The fraction of sp³-hybridized carbons (Fsp3) is 0.120. The zero-order valence-electron chi connectivity index (χ0n) is 17.1. The Bertz CT molecular complexity index is 1330. The maximum atomic E-state index is 13.3. The fourth-order valence-corrected chi connectivity index (χ4v) is 4.57. The number of hydrogen-bond donors (Lipinski definition) is 1. The van der Waals surface area contributed by atoms with Gasteiger partial charge in [0.1, 0.15) is 11.6 Å². The molecule has 2 heterocycles. The molecule has 0 saturated heterocycles. The molecule has 0 radical (unpaired) electrons. The van der Waals surface area contributed by atoms with Gasteiger partial charge in [0, 0.05) is 17.5 Å². The molecular formula is C25H20FN3O2S. The zero-order chi connectivity index (χ0) is 21.9. The van der Waals surface area contributed by atoms with E-state index in [0.717, 1.165) is 29.0 Å². The second-order valence-corrected chi connectivity index (χ2v) is 8.26. The van der Waals surface area contributed by atoms with Crippen LogP contribution in [-0.2, 0) is 17.8 Å². The number of hydrogen-bond acceptors (Lipinski definition) is 4. The van der Waals surface area contributed by atoms with Gasteiger partial charge in [0.25, 0.3) is 5.91 Å². The maximum Gasteiger partial charge on any atom is 0.262 e. The van der Waals surface area contributed by atoms with Gasteiger partial charge in [-0.05, 0) is 54.4 Å². The number of ether oxygens (including phenoxy) is 1. The van der Waals surface area contributed by atoms with E-state index in [1.54, 1.807) is 12.1 Å². The summed E-state index contributed by atoms with van der Waals surface area (Å²) in [6, 6.07) is 22.2. The van der Waals surface area contributed by atoms with Crippen LogP contribution in [0, 0.1) is 5.82 Å². The van der Waals surface area contributed by atoms with Gasteiger partial charge in [0.15, 0.2) is 11.4 Å². The lowest BCUT2D eigenvalue weighted by Crippen LogP contribution is -2.25. The number of fused-ring (bicyclic) bond motifs is 1. The minimum atomic E-state index is -0.286. The number of amides is 1. The van der Waals surface area contributed by atoms with Gasteiger partial charge >= 0.3 is 0 Å². The van der Waals surface area contributed by atoms with Crippen LogP contribution in [0.2, 0.25) is 0 Å². The number of rotatable bonds is 5. The molecule has 1 aliphatic rings. The summed E-state index contributed by atoms with van der Waals surface area (Å²) in [5, 5.41) is 4.93. The van der Waals surface area contributed by atoms with Gasteiger partial charge in [0.05, 0.1) is 17.1 Å². The standard InChI is InChI=1S/C25H20FN3O2S/c26-19-7-9-20(10-8-19)27-25-29(13-12-17-4-2-1-3-5-17)22(16-32-25)18-6-11-23-21(14-18)28-24(30)15-31-23/h1-11,14,16H,12-13,15H2,(H,28,30). The number of nitrogens with zero attached hydrogens (tertiary/aromatic N) is 2. The first-order valence-electron chi connectivity index (χ1n) is 10.3. The molecule has 1 N–H and O–H groups in total. The molecule has 0 atom stereocenters. The molecule has 0 fully saturated rings. The van der Waals surface area contributed by atoms with Crippen molar-refractivity contribution in [2.75, 3.05) is 11.9 Å². The Morgan fingerprint density at radius 1 is 1.06 bits per heavy atom. The molecule has 4 aromatic rings. The van der Waals surface area contributed by atoms with E-state index in [2.05, 4.69) is 27.4 Å². The SMILES string of the molecule is O=C1COc2ccc(-c3csc(=Nc4ccc(F)cc4)n3CCc3ccccc3)cc2N1. The molecule has 0 bridgehead atoms. The van der Waals surface area contributed by atoms with Gasteiger partial charge < -0.3 is 14.6 Å². The minimum Gasteiger partial charge on any atom is -0.482 e. The van der Waals surface area contributed by atoms with Crippen LogP contribution in [0.4, 0.5) is 15.8 Å². The lowest BCUT2D eigenvalue weighted by molar-refractivity contribution is -0.118. The van der Waals surface area contributed by atoms with E-state index in [4.69, 9.17) is 9.73 Å². The third-order valence-corrected chi connectivity index (χ3v) is 6.09. The van der Waals surface area contributed by atoms with Gasteiger partial charge in [-0.1, -0.05) is 30.3 Å². The summed E-state index contributed by atoms with van der Waals surface area (Å²) in [7, 11) is 0. The van der Waals surface area contributed by atoms with Crippen molar-refractivity contribution in [1.82, 2.24) is 4.57 Å². The molecule has 0 saturated carbocycles. The smallest absolute Gasteiger partial charge is 0.262 e. The van der Waals surface area contributed by atoms with E-state index in [-0.39, 0.29) is 18.3 Å². The summed E-state index contributed by atoms with van der Waals surface area (Å²) >= 11 is 1.53. The molecule has 1 amide bonds. The van der Waals surface area contributed by atoms with Crippen molar-refractivity contribution >= 4 is 28.6 Å². The van der Waals surface area contributed by atoms with Crippen molar-refractivity contribution in [3.05, 3.63) is 94.4 Å². The van der Waals surface area contributed by atoms with Crippen LogP contribution in [0.3, 0.4) is 0 Å². The second-order valence-electron chi connectivity index (χ2n) is 7.43. The molecule has 0 aliphatic carbocycles. The Balaban J connectivity index is 1.56. The number of thiazole rings is 1. The molecule has 0 spiro atoms. The van der Waals surface area contributed by atoms with Crippen molar-refractivity contribution in [2.45, 2.75) is 13.0 Å². The fourth-order valence-electron chi connectivity index (χ4n) is 3.62. The highest BCUT2D eigenvalue weighted by molar-refractivity contribution is 7.07. The largest absolute Gasteiger partial charge is 0.482 e. The molecule has 32 heavy (non-hydrogen) atoms. The number of anilines is 1. The van der Waals surface area contributed by atoms with Crippen LogP contribution in [0.25, 0.3) is 11.3 Å². The lowest BCUT2D eigenvalue weighted by atomic mass is 10.1. The Kier molecular flexibility index (Phi) is 5.56. The van der Waals surface area contributed by atoms with E-state index in [1.165, 1.54) is 29.0 Å². The third-order valence-electron chi connectivity index (χ3n) is 5.22. The summed E-state index contributed by atoms with van der Waals surface area (Å²) < 4.78 is 21.0. The number of halogens is 1. The summed E-state index contributed by atoms with van der Waals surface area (Å²) in [6.07, 6.45) is 0.839.